The van der Waals surface area contributed by atoms with Crippen LogP contribution in [-0.4, -0.2) is 22.6 Å². The molecule has 0 fully saturated rings. The average molecular weight is 205 g/mol. The molecule has 1 aliphatic heterocycles. The molecule has 82 valence electrons. The Kier molecular flexibility index (Phi) is 2.63. The van der Waals surface area contributed by atoms with Crippen LogP contribution in [0.25, 0.3) is 0 Å². The molecule has 2 heterocycles. The van der Waals surface area contributed by atoms with Crippen molar-refractivity contribution in [2.75, 3.05) is 11.4 Å². The van der Waals surface area contributed by atoms with Gasteiger partial charge in [0.2, 0.25) is 0 Å². The fraction of sp³-hybridized carbons (Fsp3) is 0.667. The number of anilines is 1. The molecule has 0 aromatic carbocycles. The third-order valence-corrected chi connectivity index (χ3v) is 2.89. The van der Waals surface area contributed by atoms with E-state index in [1.54, 1.807) is 0 Å². The lowest BCUT2D eigenvalue weighted by atomic mass is 10.2. The van der Waals surface area contributed by atoms with E-state index < -0.39 is 0 Å². The summed E-state index contributed by atoms with van der Waals surface area (Å²) >= 11 is 0. The highest BCUT2D eigenvalue weighted by Gasteiger charge is 2.23. The quantitative estimate of drug-likeness (QED) is 0.742. The van der Waals surface area contributed by atoms with Gasteiger partial charge >= 0.3 is 0 Å². The minimum absolute atomic E-state index is 0.407. The van der Waals surface area contributed by atoms with Gasteiger partial charge in [0.15, 0.2) is 0 Å². The summed E-state index contributed by atoms with van der Waals surface area (Å²) in [5, 5.41) is 0. The summed E-state index contributed by atoms with van der Waals surface area (Å²) < 4.78 is 0. The normalized spacial score (nSPS) is 15.2. The highest BCUT2D eigenvalue weighted by Crippen LogP contribution is 2.27. The summed E-state index contributed by atoms with van der Waals surface area (Å²) in [7, 11) is 0. The first kappa shape index (κ1) is 10.4. The van der Waals surface area contributed by atoms with Crippen LogP contribution in [0.5, 0.6) is 0 Å². The molecule has 0 bridgehead atoms. The summed E-state index contributed by atoms with van der Waals surface area (Å²) in [5.41, 5.74) is 1.30. The number of nitrogens with zero attached hydrogens (tertiary/aromatic N) is 3. The van der Waals surface area contributed by atoms with Gasteiger partial charge in [-0.1, -0.05) is 13.8 Å². The molecule has 0 aliphatic carbocycles. The Morgan fingerprint density at radius 1 is 1.27 bits per heavy atom. The van der Waals surface area contributed by atoms with Crippen molar-refractivity contribution in [1.29, 1.82) is 0 Å². The first-order valence-electron chi connectivity index (χ1n) is 5.72. The second-order valence-corrected chi connectivity index (χ2v) is 4.77. The smallest absolute Gasteiger partial charge is 0.135 e. The van der Waals surface area contributed by atoms with Gasteiger partial charge in [-0.25, -0.2) is 9.97 Å². The maximum absolute atomic E-state index is 4.67. The van der Waals surface area contributed by atoms with Crippen molar-refractivity contribution in [2.45, 2.75) is 46.1 Å². The van der Waals surface area contributed by atoms with Gasteiger partial charge in [0, 0.05) is 30.3 Å². The van der Waals surface area contributed by atoms with Crippen LogP contribution in [0.1, 0.15) is 45.0 Å². The van der Waals surface area contributed by atoms with Crippen LogP contribution >= 0.6 is 0 Å². The molecule has 0 N–H and O–H groups in total. The summed E-state index contributed by atoms with van der Waals surface area (Å²) in [5.74, 6) is 2.52. The number of aromatic nitrogens is 2. The molecule has 1 aromatic rings. The molecule has 0 amide bonds. The molecule has 1 aromatic heterocycles. The van der Waals surface area contributed by atoms with Crippen molar-refractivity contribution in [1.82, 2.24) is 9.97 Å². The monoisotopic (exact) mass is 205 g/mol. The van der Waals surface area contributed by atoms with Gasteiger partial charge in [0.25, 0.3) is 0 Å². The highest BCUT2D eigenvalue weighted by atomic mass is 15.2. The molecule has 3 heteroatoms. The maximum atomic E-state index is 4.67. The van der Waals surface area contributed by atoms with Crippen LogP contribution in [0, 0.1) is 0 Å². The van der Waals surface area contributed by atoms with Crippen molar-refractivity contribution in [3.63, 3.8) is 0 Å². The number of hydrogen-bond acceptors (Lipinski definition) is 3. The molecule has 0 radical (unpaired) electrons. The van der Waals surface area contributed by atoms with Crippen molar-refractivity contribution in [2.24, 2.45) is 0 Å². The molecule has 2 rings (SSSR count). The fourth-order valence-electron chi connectivity index (χ4n) is 1.96. The van der Waals surface area contributed by atoms with Crippen molar-refractivity contribution in [3.8, 4) is 0 Å². The zero-order valence-corrected chi connectivity index (χ0v) is 9.99. The molecule has 1 aliphatic rings. The molecule has 0 unspecified atom stereocenters. The number of hydrogen-bond donors (Lipinski definition) is 0. The minimum Gasteiger partial charge on any atom is -0.354 e. The van der Waals surface area contributed by atoms with Crippen LogP contribution in [0.15, 0.2) is 6.20 Å². The van der Waals surface area contributed by atoms with Gasteiger partial charge in [0.05, 0.1) is 0 Å². The molecule has 15 heavy (non-hydrogen) atoms. The lowest BCUT2D eigenvalue weighted by Gasteiger charge is -2.23. The SMILES string of the molecule is CC(C)c1ncc2c(n1)N(C(C)C)CC2. The predicted octanol–water partition coefficient (Wildman–Crippen LogP) is 2.37. The van der Waals surface area contributed by atoms with E-state index in [9.17, 15) is 0 Å². The Balaban J connectivity index is 2.38. The third-order valence-electron chi connectivity index (χ3n) is 2.89. The predicted molar refractivity (Wildman–Crippen MR) is 62.3 cm³/mol. The van der Waals surface area contributed by atoms with E-state index in [1.807, 2.05) is 6.20 Å². The third kappa shape index (κ3) is 1.83. The van der Waals surface area contributed by atoms with E-state index in [1.165, 1.54) is 5.56 Å². The van der Waals surface area contributed by atoms with Gasteiger partial charge in [-0.05, 0) is 20.3 Å². The molecule has 0 saturated heterocycles. The standard InChI is InChI=1S/C12H19N3/c1-8(2)11-13-7-10-5-6-15(9(3)4)12(10)14-11/h7-9H,5-6H2,1-4H3. The molecule has 3 nitrogen and oxygen atoms in total. The van der Waals surface area contributed by atoms with Crippen molar-refractivity contribution in [3.05, 3.63) is 17.6 Å². The number of fused-ring (bicyclic) bond motifs is 1. The van der Waals surface area contributed by atoms with Gasteiger partial charge in [-0.3, -0.25) is 0 Å². The van der Waals surface area contributed by atoms with Gasteiger partial charge in [-0.2, -0.15) is 0 Å². The first-order chi connectivity index (χ1) is 7.09. The topological polar surface area (TPSA) is 29.0 Å². The Hall–Kier alpha value is -1.12. The van der Waals surface area contributed by atoms with E-state index in [4.69, 9.17) is 0 Å². The maximum Gasteiger partial charge on any atom is 0.135 e. The van der Waals surface area contributed by atoms with E-state index in [2.05, 4.69) is 42.6 Å². The van der Waals surface area contributed by atoms with Crippen LogP contribution in [-0.2, 0) is 6.42 Å². The molecule has 0 spiro atoms. The zero-order valence-electron chi connectivity index (χ0n) is 9.99. The van der Waals surface area contributed by atoms with Crippen molar-refractivity contribution >= 4 is 5.82 Å². The minimum atomic E-state index is 0.407. The average Bonchev–Trinajstić information content (AvgIpc) is 2.59. The highest BCUT2D eigenvalue weighted by molar-refractivity contribution is 5.51. The first-order valence-corrected chi connectivity index (χ1v) is 5.72. The summed E-state index contributed by atoms with van der Waals surface area (Å²) in [4.78, 5) is 11.4. The van der Waals surface area contributed by atoms with Crippen LogP contribution in [0.3, 0.4) is 0 Å². The zero-order chi connectivity index (χ0) is 11.0. The van der Waals surface area contributed by atoms with E-state index >= 15 is 0 Å². The van der Waals surface area contributed by atoms with Crippen molar-refractivity contribution < 1.29 is 0 Å². The lowest BCUT2D eigenvalue weighted by molar-refractivity contribution is 0.695. The lowest BCUT2D eigenvalue weighted by Crippen LogP contribution is -2.29. The van der Waals surface area contributed by atoms with Crippen LogP contribution in [0.2, 0.25) is 0 Å². The Morgan fingerprint density at radius 2 is 2.00 bits per heavy atom. The molecular weight excluding hydrogens is 186 g/mol. The Bertz CT molecular complexity index is 358. The summed E-state index contributed by atoms with van der Waals surface area (Å²) in [6.45, 7) is 9.79. The number of rotatable bonds is 2. The second kappa shape index (κ2) is 3.80. The van der Waals surface area contributed by atoms with E-state index in [-0.39, 0.29) is 0 Å². The van der Waals surface area contributed by atoms with E-state index in [0.29, 0.717) is 12.0 Å². The van der Waals surface area contributed by atoms with Gasteiger partial charge in [-0.15, -0.1) is 0 Å². The summed E-state index contributed by atoms with van der Waals surface area (Å²) in [6, 6.07) is 0.529. The fourth-order valence-corrected chi connectivity index (χ4v) is 1.96. The molecular formula is C12H19N3. The van der Waals surface area contributed by atoms with Gasteiger partial charge < -0.3 is 4.90 Å². The Morgan fingerprint density at radius 3 is 2.60 bits per heavy atom. The van der Waals surface area contributed by atoms with Crippen LogP contribution < -0.4 is 4.90 Å². The molecule has 0 atom stereocenters. The van der Waals surface area contributed by atoms with Gasteiger partial charge in [0.1, 0.15) is 11.6 Å². The summed E-state index contributed by atoms with van der Waals surface area (Å²) in [6.07, 6.45) is 3.09. The van der Waals surface area contributed by atoms with E-state index in [0.717, 1.165) is 24.6 Å². The Labute approximate surface area is 91.5 Å². The largest absolute Gasteiger partial charge is 0.354 e. The van der Waals surface area contributed by atoms with Crippen LogP contribution in [0.4, 0.5) is 5.82 Å². The molecule has 0 saturated carbocycles. The second-order valence-electron chi connectivity index (χ2n) is 4.77.